The Kier molecular flexibility index (Phi) is 3.76. The van der Waals surface area contributed by atoms with Crippen molar-refractivity contribution in [2.45, 2.75) is 5.92 Å². The van der Waals surface area contributed by atoms with Crippen LogP contribution in [0.15, 0.2) is 48.5 Å². The van der Waals surface area contributed by atoms with Crippen LogP contribution in [-0.4, -0.2) is 38.1 Å². The first-order valence-electron chi connectivity index (χ1n) is 7.18. The van der Waals surface area contributed by atoms with E-state index in [0.29, 0.717) is 6.61 Å². The van der Waals surface area contributed by atoms with Crippen LogP contribution in [0.1, 0.15) is 17.0 Å². The monoisotopic (exact) mass is 281 g/mol. The Labute approximate surface area is 125 Å². The maximum Gasteiger partial charge on any atom is 0.318 e. The molecule has 3 nitrogen and oxygen atoms in total. The smallest absolute Gasteiger partial charge is 0.318 e. The molecule has 0 aliphatic heterocycles. The van der Waals surface area contributed by atoms with Crippen LogP contribution < -0.4 is 0 Å². The summed E-state index contributed by atoms with van der Waals surface area (Å²) >= 11 is 0. The fraction of sp³-hybridized carbons (Fsp3) is 0.278. The molecule has 0 bridgehead atoms. The van der Waals surface area contributed by atoms with E-state index < -0.39 is 0 Å². The van der Waals surface area contributed by atoms with Gasteiger partial charge in [-0.05, 0) is 36.3 Å². The van der Waals surface area contributed by atoms with Crippen molar-refractivity contribution in [2.24, 2.45) is 0 Å². The summed E-state index contributed by atoms with van der Waals surface area (Å²) in [7, 11) is 3.93. The molecule has 0 saturated carbocycles. The summed E-state index contributed by atoms with van der Waals surface area (Å²) in [5.74, 6) is -0.450. The highest BCUT2D eigenvalue weighted by Gasteiger charge is 2.34. The minimum Gasteiger partial charge on any atom is -0.464 e. The number of ether oxygens (including phenoxy) is 1. The van der Waals surface area contributed by atoms with Crippen LogP contribution in [-0.2, 0) is 9.53 Å². The zero-order chi connectivity index (χ0) is 14.8. The molecule has 0 saturated heterocycles. The molecular weight excluding hydrogens is 262 g/mol. The first-order chi connectivity index (χ1) is 10.2. The van der Waals surface area contributed by atoms with Crippen molar-refractivity contribution in [2.75, 3.05) is 27.2 Å². The molecule has 0 aromatic heterocycles. The van der Waals surface area contributed by atoms with E-state index in [1.54, 1.807) is 0 Å². The number of esters is 1. The highest BCUT2D eigenvalue weighted by atomic mass is 16.5. The van der Waals surface area contributed by atoms with Gasteiger partial charge in [-0.1, -0.05) is 48.5 Å². The quantitative estimate of drug-likeness (QED) is 0.807. The van der Waals surface area contributed by atoms with Gasteiger partial charge in [0, 0.05) is 6.54 Å². The third-order valence-corrected chi connectivity index (χ3v) is 3.85. The maximum absolute atomic E-state index is 12.5. The lowest BCUT2D eigenvalue weighted by molar-refractivity contribution is -0.144. The Bertz CT molecular complexity index is 618. The number of nitrogens with zero attached hydrogens (tertiary/aromatic N) is 1. The average molecular weight is 281 g/mol. The molecule has 0 unspecified atom stereocenters. The standard InChI is InChI=1S/C18H19NO2/c1-19(2)11-12-21-18(20)17-15-9-5-3-7-13(15)14-8-4-6-10-16(14)17/h3-10,17H,11-12H2,1-2H3. The number of hydrogen-bond acceptors (Lipinski definition) is 3. The summed E-state index contributed by atoms with van der Waals surface area (Å²) in [6.45, 7) is 1.16. The van der Waals surface area contributed by atoms with Crippen molar-refractivity contribution in [3.05, 3.63) is 59.7 Å². The molecular formula is C18H19NO2. The molecule has 0 heterocycles. The van der Waals surface area contributed by atoms with Crippen LogP contribution >= 0.6 is 0 Å². The van der Waals surface area contributed by atoms with Gasteiger partial charge in [-0.3, -0.25) is 4.79 Å². The second-order valence-electron chi connectivity index (χ2n) is 5.58. The van der Waals surface area contributed by atoms with Gasteiger partial charge in [0.2, 0.25) is 0 Å². The molecule has 0 radical (unpaired) electrons. The van der Waals surface area contributed by atoms with Crippen LogP contribution in [0.4, 0.5) is 0 Å². The zero-order valence-electron chi connectivity index (χ0n) is 12.4. The fourth-order valence-electron chi connectivity index (χ4n) is 2.82. The van der Waals surface area contributed by atoms with E-state index in [1.807, 2.05) is 55.4 Å². The molecule has 1 aliphatic rings. The van der Waals surface area contributed by atoms with Gasteiger partial charge in [0.15, 0.2) is 0 Å². The molecule has 2 aromatic carbocycles. The first kappa shape index (κ1) is 13.8. The van der Waals surface area contributed by atoms with Crippen molar-refractivity contribution in [3.63, 3.8) is 0 Å². The van der Waals surface area contributed by atoms with E-state index in [9.17, 15) is 4.79 Å². The van der Waals surface area contributed by atoms with Crippen LogP contribution in [0.2, 0.25) is 0 Å². The number of benzene rings is 2. The Morgan fingerprint density at radius 2 is 1.52 bits per heavy atom. The fourth-order valence-corrected chi connectivity index (χ4v) is 2.82. The van der Waals surface area contributed by atoms with Crippen molar-refractivity contribution in [1.29, 1.82) is 0 Å². The lowest BCUT2D eigenvalue weighted by Gasteiger charge is -2.15. The Hall–Kier alpha value is -2.13. The predicted octanol–water partition coefficient (Wildman–Crippen LogP) is 2.90. The molecule has 0 atom stereocenters. The van der Waals surface area contributed by atoms with Gasteiger partial charge < -0.3 is 9.64 Å². The molecule has 3 heteroatoms. The molecule has 108 valence electrons. The highest BCUT2D eigenvalue weighted by Crippen LogP contribution is 2.44. The second-order valence-corrected chi connectivity index (χ2v) is 5.58. The molecule has 1 aliphatic carbocycles. The topological polar surface area (TPSA) is 29.5 Å². The molecule has 0 N–H and O–H groups in total. The summed E-state index contributed by atoms with van der Waals surface area (Å²) < 4.78 is 5.47. The molecule has 0 fully saturated rings. The van der Waals surface area contributed by atoms with Crippen molar-refractivity contribution >= 4 is 5.97 Å². The number of likely N-dealkylation sites (N-methyl/N-ethyl adjacent to an activating group) is 1. The summed E-state index contributed by atoms with van der Waals surface area (Å²) in [6, 6.07) is 16.2. The lowest BCUT2D eigenvalue weighted by atomic mass is 9.97. The summed E-state index contributed by atoms with van der Waals surface area (Å²) in [5, 5.41) is 0. The maximum atomic E-state index is 12.5. The number of hydrogen-bond donors (Lipinski definition) is 0. The Balaban J connectivity index is 1.90. The van der Waals surface area contributed by atoms with Gasteiger partial charge >= 0.3 is 5.97 Å². The minimum absolute atomic E-state index is 0.158. The van der Waals surface area contributed by atoms with Crippen LogP contribution in [0.25, 0.3) is 11.1 Å². The molecule has 3 rings (SSSR count). The predicted molar refractivity (Wildman–Crippen MR) is 83.2 cm³/mol. The third kappa shape index (κ3) is 2.57. The van der Waals surface area contributed by atoms with E-state index in [0.717, 1.165) is 28.8 Å². The van der Waals surface area contributed by atoms with E-state index >= 15 is 0 Å². The van der Waals surface area contributed by atoms with Gasteiger partial charge in [0.1, 0.15) is 12.5 Å². The van der Waals surface area contributed by atoms with E-state index in [2.05, 4.69) is 12.1 Å². The Morgan fingerprint density at radius 1 is 1.00 bits per heavy atom. The highest BCUT2D eigenvalue weighted by molar-refractivity contribution is 5.93. The van der Waals surface area contributed by atoms with Gasteiger partial charge in [-0.25, -0.2) is 0 Å². The molecule has 2 aromatic rings. The van der Waals surface area contributed by atoms with Crippen LogP contribution in [0.3, 0.4) is 0 Å². The second kappa shape index (κ2) is 5.70. The zero-order valence-corrected chi connectivity index (χ0v) is 12.4. The number of fused-ring (bicyclic) bond motifs is 3. The Morgan fingerprint density at radius 3 is 2.05 bits per heavy atom. The SMILES string of the molecule is CN(C)CCOC(=O)C1c2ccccc2-c2ccccc21. The summed E-state index contributed by atoms with van der Waals surface area (Å²) in [6.07, 6.45) is 0. The van der Waals surface area contributed by atoms with Crippen molar-refractivity contribution in [1.82, 2.24) is 4.90 Å². The van der Waals surface area contributed by atoms with Gasteiger partial charge in [-0.15, -0.1) is 0 Å². The van der Waals surface area contributed by atoms with Gasteiger partial charge in [0.25, 0.3) is 0 Å². The number of carbonyl (C=O) groups excluding carboxylic acids is 1. The number of carbonyl (C=O) groups is 1. The lowest BCUT2D eigenvalue weighted by Crippen LogP contribution is -2.22. The van der Waals surface area contributed by atoms with Crippen LogP contribution in [0, 0.1) is 0 Å². The van der Waals surface area contributed by atoms with E-state index in [4.69, 9.17) is 4.74 Å². The normalized spacial score (nSPS) is 13.1. The van der Waals surface area contributed by atoms with Crippen molar-refractivity contribution < 1.29 is 9.53 Å². The van der Waals surface area contributed by atoms with Gasteiger partial charge in [-0.2, -0.15) is 0 Å². The van der Waals surface area contributed by atoms with Crippen LogP contribution in [0.5, 0.6) is 0 Å². The first-order valence-corrected chi connectivity index (χ1v) is 7.18. The third-order valence-electron chi connectivity index (χ3n) is 3.85. The minimum atomic E-state index is -0.292. The van der Waals surface area contributed by atoms with Gasteiger partial charge in [0.05, 0.1) is 0 Å². The largest absolute Gasteiger partial charge is 0.464 e. The molecule has 0 amide bonds. The number of rotatable bonds is 4. The average Bonchev–Trinajstić information content (AvgIpc) is 2.81. The molecule has 0 spiro atoms. The summed E-state index contributed by atoms with van der Waals surface area (Å²) in [5.41, 5.74) is 4.38. The van der Waals surface area contributed by atoms with E-state index in [-0.39, 0.29) is 11.9 Å². The van der Waals surface area contributed by atoms with E-state index in [1.165, 1.54) is 0 Å². The molecule has 21 heavy (non-hydrogen) atoms. The van der Waals surface area contributed by atoms with Crippen molar-refractivity contribution in [3.8, 4) is 11.1 Å². The summed E-state index contributed by atoms with van der Waals surface area (Å²) in [4.78, 5) is 14.5.